The summed E-state index contributed by atoms with van der Waals surface area (Å²) in [6.45, 7) is 9.06. The minimum atomic E-state index is -0.0337. The molecule has 1 amide bonds. The van der Waals surface area contributed by atoms with E-state index in [0.717, 1.165) is 31.7 Å². The molecule has 0 saturated carbocycles. The highest BCUT2D eigenvalue weighted by Crippen LogP contribution is 2.30. The molecular formula is C32H32N4O2. The number of benzene rings is 3. The summed E-state index contributed by atoms with van der Waals surface area (Å²) in [5, 5.41) is 2.62. The van der Waals surface area contributed by atoms with Crippen LogP contribution in [0.25, 0.3) is 21.8 Å². The van der Waals surface area contributed by atoms with Crippen molar-refractivity contribution in [2.45, 2.75) is 26.9 Å². The minimum absolute atomic E-state index is 0.0337. The highest BCUT2D eigenvalue weighted by molar-refractivity contribution is 6.08. The van der Waals surface area contributed by atoms with E-state index in [0.29, 0.717) is 30.3 Å². The predicted octanol–water partition coefficient (Wildman–Crippen LogP) is 6.27. The number of hydrogen-bond acceptors (Lipinski definition) is 4. The number of para-hydroxylation sites is 1. The molecule has 1 aliphatic heterocycles. The van der Waals surface area contributed by atoms with E-state index in [-0.39, 0.29) is 5.91 Å². The summed E-state index contributed by atoms with van der Waals surface area (Å²) >= 11 is 0. The molecule has 0 radical (unpaired) electrons. The number of carbonyl (C=O) groups is 1. The average molecular weight is 505 g/mol. The first-order valence-corrected chi connectivity index (χ1v) is 13.3. The number of piperazine rings is 1. The van der Waals surface area contributed by atoms with E-state index in [9.17, 15) is 4.79 Å². The third kappa shape index (κ3) is 4.63. The van der Waals surface area contributed by atoms with E-state index in [4.69, 9.17) is 4.74 Å². The van der Waals surface area contributed by atoms with Crippen LogP contribution in [0, 0.1) is 6.92 Å². The summed E-state index contributed by atoms with van der Waals surface area (Å²) in [7, 11) is 0. The van der Waals surface area contributed by atoms with E-state index in [2.05, 4.69) is 63.8 Å². The maximum Gasteiger partial charge on any atom is 0.259 e. The molecule has 3 heterocycles. The number of fused-ring (bicyclic) bond motifs is 3. The SMILES string of the molecule is CCn1c2ccccc2c2cc(CN3CCN(C(=O)c4cccnc4Oc4ccc(C)cc4)CC3)ccc21. The van der Waals surface area contributed by atoms with Gasteiger partial charge in [-0.25, -0.2) is 4.98 Å². The Morgan fingerprint density at radius 1 is 0.868 bits per heavy atom. The van der Waals surface area contributed by atoms with Crippen molar-refractivity contribution in [3.63, 3.8) is 0 Å². The lowest BCUT2D eigenvalue weighted by Crippen LogP contribution is -2.48. The molecule has 0 N–H and O–H groups in total. The fourth-order valence-corrected chi connectivity index (χ4v) is 5.43. The molecule has 1 fully saturated rings. The van der Waals surface area contributed by atoms with Gasteiger partial charge in [0.1, 0.15) is 11.3 Å². The van der Waals surface area contributed by atoms with Crippen LogP contribution in [0.3, 0.4) is 0 Å². The maximum absolute atomic E-state index is 13.4. The van der Waals surface area contributed by atoms with Crippen molar-refractivity contribution in [2.24, 2.45) is 0 Å². The van der Waals surface area contributed by atoms with Gasteiger partial charge in [0.2, 0.25) is 5.88 Å². The first-order chi connectivity index (χ1) is 18.6. The lowest BCUT2D eigenvalue weighted by molar-refractivity contribution is 0.0625. The zero-order valence-corrected chi connectivity index (χ0v) is 21.9. The smallest absolute Gasteiger partial charge is 0.259 e. The maximum atomic E-state index is 13.4. The van der Waals surface area contributed by atoms with Crippen LogP contribution in [-0.4, -0.2) is 51.4 Å². The van der Waals surface area contributed by atoms with Crippen LogP contribution in [0.15, 0.2) is 85.1 Å². The van der Waals surface area contributed by atoms with Gasteiger partial charge >= 0.3 is 0 Å². The molecule has 6 rings (SSSR count). The molecule has 5 aromatic rings. The van der Waals surface area contributed by atoms with Gasteiger partial charge in [0.05, 0.1) is 0 Å². The van der Waals surface area contributed by atoms with Crippen LogP contribution < -0.4 is 4.74 Å². The molecule has 2 aromatic heterocycles. The molecule has 1 saturated heterocycles. The molecule has 1 aliphatic rings. The van der Waals surface area contributed by atoms with Crippen LogP contribution in [0.2, 0.25) is 0 Å². The second-order valence-corrected chi connectivity index (χ2v) is 9.95. The van der Waals surface area contributed by atoms with Gasteiger partial charge in [-0.15, -0.1) is 0 Å². The van der Waals surface area contributed by atoms with Crippen molar-refractivity contribution >= 4 is 27.7 Å². The van der Waals surface area contributed by atoms with Crippen LogP contribution in [0.5, 0.6) is 11.6 Å². The Morgan fingerprint density at radius 3 is 2.42 bits per heavy atom. The van der Waals surface area contributed by atoms with Crippen molar-refractivity contribution in [2.75, 3.05) is 26.2 Å². The van der Waals surface area contributed by atoms with Crippen molar-refractivity contribution in [1.82, 2.24) is 19.4 Å². The molecule has 6 heteroatoms. The number of ether oxygens (including phenoxy) is 1. The van der Waals surface area contributed by atoms with E-state index >= 15 is 0 Å². The van der Waals surface area contributed by atoms with E-state index in [1.54, 1.807) is 18.3 Å². The Bertz CT molecular complexity index is 1600. The first kappa shape index (κ1) is 24.2. The number of amides is 1. The molecule has 0 spiro atoms. The molecule has 38 heavy (non-hydrogen) atoms. The van der Waals surface area contributed by atoms with Crippen molar-refractivity contribution in [1.29, 1.82) is 0 Å². The van der Waals surface area contributed by atoms with E-state index < -0.39 is 0 Å². The third-order valence-electron chi connectivity index (χ3n) is 7.46. The van der Waals surface area contributed by atoms with Crippen LogP contribution >= 0.6 is 0 Å². The second kappa shape index (κ2) is 10.3. The second-order valence-electron chi connectivity index (χ2n) is 9.95. The van der Waals surface area contributed by atoms with Crippen molar-refractivity contribution < 1.29 is 9.53 Å². The first-order valence-electron chi connectivity index (χ1n) is 13.3. The lowest BCUT2D eigenvalue weighted by atomic mass is 10.1. The lowest BCUT2D eigenvalue weighted by Gasteiger charge is -2.35. The minimum Gasteiger partial charge on any atom is -0.438 e. The Morgan fingerprint density at radius 2 is 1.63 bits per heavy atom. The summed E-state index contributed by atoms with van der Waals surface area (Å²) < 4.78 is 8.36. The van der Waals surface area contributed by atoms with E-state index in [1.165, 1.54) is 27.4 Å². The summed E-state index contributed by atoms with van der Waals surface area (Å²) in [5.74, 6) is 0.990. The fraction of sp³-hybridized carbons (Fsp3) is 0.250. The number of pyridine rings is 1. The summed E-state index contributed by atoms with van der Waals surface area (Å²) in [4.78, 5) is 22.1. The molecule has 0 bridgehead atoms. The predicted molar refractivity (Wildman–Crippen MR) is 152 cm³/mol. The topological polar surface area (TPSA) is 50.6 Å². The van der Waals surface area contributed by atoms with Crippen molar-refractivity contribution in [3.8, 4) is 11.6 Å². The molecule has 0 aliphatic carbocycles. The zero-order chi connectivity index (χ0) is 26.1. The number of hydrogen-bond donors (Lipinski definition) is 0. The summed E-state index contributed by atoms with van der Waals surface area (Å²) in [6, 6.07) is 26.8. The van der Waals surface area contributed by atoms with E-state index in [1.807, 2.05) is 36.1 Å². The molecule has 6 nitrogen and oxygen atoms in total. The normalized spacial score (nSPS) is 14.3. The molecule has 3 aromatic carbocycles. The zero-order valence-electron chi connectivity index (χ0n) is 21.9. The summed E-state index contributed by atoms with van der Waals surface area (Å²) in [5.41, 5.74) is 5.53. The number of aryl methyl sites for hydroxylation is 2. The molecular weight excluding hydrogens is 472 g/mol. The highest BCUT2D eigenvalue weighted by Gasteiger charge is 2.25. The third-order valence-corrected chi connectivity index (χ3v) is 7.46. The van der Waals surface area contributed by atoms with Crippen molar-refractivity contribution in [3.05, 3.63) is 102 Å². The fourth-order valence-electron chi connectivity index (χ4n) is 5.43. The monoisotopic (exact) mass is 504 g/mol. The Balaban J connectivity index is 1.13. The molecule has 192 valence electrons. The Kier molecular flexibility index (Phi) is 6.56. The average Bonchev–Trinajstić information content (AvgIpc) is 3.27. The Hall–Kier alpha value is -4.16. The van der Waals surface area contributed by atoms with Crippen LogP contribution in [-0.2, 0) is 13.1 Å². The highest BCUT2D eigenvalue weighted by atomic mass is 16.5. The number of aromatic nitrogens is 2. The summed E-state index contributed by atoms with van der Waals surface area (Å²) in [6.07, 6.45) is 1.66. The van der Waals surface area contributed by atoms with Gasteiger partial charge in [-0.05, 0) is 61.9 Å². The quantitative estimate of drug-likeness (QED) is 0.274. The molecule has 0 atom stereocenters. The van der Waals surface area contributed by atoms with Gasteiger partial charge in [0.25, 0.3) is 5.91 Å². The standard InChI is InChI=1S/C32H32N4O2/c1-3-36-29-9-5-4-7-26(29)28-21-24(12-15-30(28)36)22-34-17-19-35(20-18-34)32(37)27-8-6-16-33-31(27)38-25-13-10-23(2)11-14-25/h4-16,21H,3,17-20,22H2,1-2H3. The van der Waals surface area contributed by atoms with Gasteiger partial charge in [-0.3, -0.25) is 9.69 Å². The van der Waals surface area contributed by atoms with Crippen LogP contribution in [0.4, 0.5) is 0 Å². The van der Waals surface area contributed by atoms with Gasteiger partial charge in [0, 0.05) is 67.3 Å². The van der Waals surface area contributed by atoms with Gasteiger partial charge in [-0.2, -0.15) is 0 Å². The van der Waals surface area contributed by atoms with Gasteiger partial charge in [0.15, 0.2) is 0 Å². The number of nitrogens with zero attached hydrogens (tertiary/aromatic N) is 4. The number of carbonyl (C=O) groups excluding carboxylic acids is 1. The Labute approximate surface area is 223 Å². The van der Waals surface area contributed by atoms with Crippen LogP contribution in [0.1, 0.15) is 28.4 Å². The largest absolute Gasteiger partial charge is 0.438 e. The van der Waals surface area contributed by atoms with Gasteiger partial charge < -0.3 is 14.2 Å². The van der Waals surface area contributed by atoms with Gasteiger partial charge in [-0.1, -0.05) is 42.0 Å². The molecule has 0 unspecified atom stereocenters. The number of rotatable bonds is 6.